The zero-order valence-corrected chi connectivity index (χ0v) is 10.3. The second kappa shape index (κ2) is 3.80. The van der Waals surface area contributed by atoms with Crippen molar-refractivity contribution in [2.45, 2.75) is 20.3 Å². The number of amides is 2. The molecule has 1 aliphatic carbocycles. The Hall–Kier alpha value is -1.91. The molecule has 5 nitrogen and oxygen atoms in total. The van der Waals surface area contributed by atoms with E-state index >= 15 is 0 Å². The summed E-state index contributed by atoms with van der Waals surface area (Å²) in [5, 5.41) is 3.77. The van der Waals surface area contributed by atoms with Crippen LogP contribution in [0.3, 0.4) is 0 Å². The lowest BCUT2D eigenvalue weighted by Crippen LogP contribution is -2.31. The lowest BCUT2D eigenvalue weighted by molar-refractivity contribution is -0.122. The van der Waals surface area contributed by atoms with Crippen molar-refractivity contribution in [3.63, 3.8) is 0 Å². The average molecular weight is 246 g/mol. The van der Waals surface area contributed by atoms with Gasteiger partial charge in [0.1, 0.15) is 5.76 Å². The van der Waals surface area contributed by atoms with Crippen LogP contribution in [0.15, 0.2) is 22.7 Å². The minimum atomic E-state index is -0.250. The molecule has 1 aliphatic heterocycles. The molecule has 5 heteroatoms. The largest absolute Gasteiger partial charge is 0.360 e. The zero-order valence-electron chi connectivity index (χ0n) is 10.3. The third-order valence-electron chi connectivity index (χ3n) is 3.72. The van der Waals surface area contributed by atoms with Crippen molar-refractivity contribution in [1.29, 1.82) is 0 Å². The first-order valence-electron chi connectivity index (χ1n) is 6.07. The van der Waals surface area contributed by atoms with Crippen LogP contribution in [0.2, 0.25) is 0 Å². The van der Waals surface area contributed by atoms with Gasteiger partial charge in [-0.2, -0.15) is 0 Å². The van der Waals surface area contributed by atoms with Crippen LogP contribution in [-0.2, 0) is 9.59 Å². The quantitative estimate of drug-likeness (QED) is 0.558. The van der Waals surface area contributed by atoms with E-state index in [1.54, 1.807) is 13.0 Å². The highest BCUT2D eigenvalue weighted by molar-refractivity contribution is 6.21. The summed E-state index contributed by atoms with van der Waals surface area (Å²) in [6.45, 7) is 3.70. The Morgan fingerprint density at radius 3 is 2.78 bits per heavy atom. The number of hydrogen-bond acceptors (Lipinski definition) is 4. The fourth-order valence-corrected chi connectivity index (χ4v) is 2.83. The summed E-state index contributed by atoms with van der Waals surface area (Å²) in [6, 6.07) is 1.62. The van der Waals surface area contributed by atoms with E-state index in [9.17, 15) is 9.59 Å². The van der Waals surface area contributed by atoms with Crippen LogP contribution in [0.1, 0.15) is 19.1 Å². The molecule has 3 rings (SSSR count). The van der Waals surface area contributed by atoms with Crippen LogP contribution in [-0.4, -0.2) is 17.0 Å². The van der Waals surface area contributed by atoms with Gasteiger partial charge >= 0.3 is 0 Å². The number of nitrogens with zero attached hydrogens (tertiary/aromatic N) is 2. The van der Waals surface area contributed by atoms with E-state index in [-0.39, 0.29) is 29.6 Å². The van der Waals surface area contributed by atoms with Gasteiger partial charge in [0.2, 0.25) is 11.8 Å². The highest BCUT2D eigenvalue weighted by atomic mass is 16.5. The molecule has 18 heavy (non-hydrogen) atoms. The average Bonchev–Trinajstić information content (AvgIpc) is 2.84. The number of aromatic nitrogens is 1. The van der Waals surface area contributed by atoms with E-state index in [1.807, 2.05) is 19.1 Å². The standard InChI is InChI=1S/C13H14N2O3/c1-7-4-3-5-9-11(7)13(17)15(12(9)16)10-6-8(2)18-14-10/h3-4,6-7,9,11H,5H2,1-2H3/t7-,9+,11-/m1/s1. The molecule has 0 spiro atoms. The van der Waals surface area contributed by atoms with Gasteiger partial charge in [-0.15, -0.1) is 0 Å². The SMILES string of the molecule is Cc1cc(N2C(=O)[C@@H]3[C@H](C)C=CC[C@@H]3C2=O)no1. The molecule has 94 valence electrons. The minimum absolute atomic E-state index is 0.0956. The Labute approximate surface area is 104 Å². The summed E-state index contributed by atoms with van der Waals surface area (Å²) >= 11 is 0. The molecule has 0 aromatic carbocycles. The molecular formula is C13H14N2O3. The molecule has 1 aromatic rings. The van der Waals surface area contributed by atoms with Crippen LogP contribution < -0.4 is 4.90 Å². The maximum atomic E-state index is 12.4. The number of allylic oxidation sites excluding steroid dienone is 2. The van der Waals surface area contributed by atoms with Crippen LogP contribution in [0, 0.1) is 24.7 Å². The van der Waals surface area contributed by atoms with Crippen molar-refractivity contribution in [1.82, 2.24) is 5.16 Å². The van der Waals surface area contributed by atoms with Crippen molar-refractivity contribution in [2.24, 2.45) is 17.8 Å². The maximum absolute atomic E-state index is 12.4. The molecule has 2 heterocycles. The highest BCUT2D eigenvalue weighted by Gasteiger charge is 2.51. The van der Waals surface area contributed by atoms with E-state index in [1.165, 1.54) is 4.90 Å². The van der Waals surface area contributed by atoms with Gasteiger partial charge < -0.3 is 4.52 Å². The van der Waals surface area contributed by atoms with Crippen LogP contribution >= 0.6 is 0 Å². The highest BCUT2D eigenvalue weighted by Crippen LogP contribution is 2.40. The van der Waals surface area contributed by atoms with Crippen LogP contribution in [0.4, 0.5) is 5.82 Å². The number of imide groups is 1. The Bertz CT molecular complexity index is 546. The fourth-order valence-electron chi connectivity index (χ4n) is 2.83. The molecule has 1 fully saturated rings. The number of carbonyl (C=O) groups is 2. The summed E-state index contributed by atoms with van der Waals surface area (Å²) in [5.74, 6) is 0.188. The van der Waals surface area contributed by atoms with Crippen molar-refractivity contribution in [3.8, 4) is 0 Å². The van der Waals surface area contributed by atoms with Crippen molar-refractivity contribution in [3.05, 3.63) is 24.0 Å². The van der Waals surface area contributed by atoms with E-state index in [0.717, 1.165) is 0 Å². The second-order valence-corrected chi connectivity index (χ2v) is 4.96. The number of aryl methyl sites for hydroxylation is 1. The zero-order chi connectivity index (χ0) is 12.9. The lowest BCUT2D eigenvalue weighted by atomic mass is 9.78. The maximum Gasteiger partial charge on any atom is 0.239 e. The fraction of sp³-hybridized carbons (Fsp3) is 0.462. The molecule has 0 saturated carbocycles. The monoisotopic (exact) mass is 246 g/mol. The normalized spacial score (nSPS) is 31.0. The van der Waals surface area contributed by atoms with E-state index in [2.05, 4.69) is 5.16 Å². The summed E-state index contributed by atoms with van der Waals surface area (Å²) in [4.78, 5) is 25.8. The minimum Gasteiger partial charge on any atom is -0.360 e. The summed E-state index contributed by atoms with van der Waals surface area (Å²) in [5.41, 5.74) is 0. The molecule has 0 radical (unpaired) electrons. The first kappa shape index (κ1) is 11.2. The Morgan fingerprint density at radius 1 is 1.39 bits per heavy atom. The van der Waals surface area contributed by atoms with E-state index in [0.29, 0.717) is 18.0 Å². The van der Waals surface area contributed by atoms with E-state index in [4.69, 9.17) is 4.52 Å². The van der Waals surface area contributed by atoms with Gasteiger partial charge in [-0.05, 0) is 19.3 Å². The van der Waals surface area contributed by atoms with E-state index < -0.39 is 0 Å². The topological polar surface area (TPSA) is 63.4 Å². The number of carbonyl (C=O) groups excluding carboxylic acids is 2. The third kappa shape index (κ3) is 1.43. The van der Waals surface area contributed by atoms with Crippen molar-refractivity contribution < 1.29 is 14.1 Å². The summed E-state index contributed by atoms with van der Waals surface area (Å²) in [7, 11) is 0. The van der Waals surface area contributed by atoms with Gasteiger partial charge in [0, 0.05) is 6.07 Å². The summed E-state index contributed by atoms with van der Waals surface area (Å²) in [6.07, 6.45) is 4.62. The Kier molecular flexibility index (Phi) is 2.36. The second-order valence-electron chi connectivity index (χ2n) is 4.96. The Balaban J connectivity index is 1.99. The van der Waals surface area contributed by atoms with Gasteiger partial charge in [-0.3, -0.25) is 9.59 Å². The van der Waals surface area contributed by atoms with Crippen LogP contribution in [0.25, 0.3) is 0 Å². The molecule has 3 atom stereocenters. The van der Waals surface area contributed by atoms with Gasteiger partial charge in [-0.25, -0.2) is 4.90 Å². The van der Waals surface area contributed by atoms with Crippen LogP contribution in [0.5, 0.6) is 0 Å². The molecule has 1 saturated heterocycles. The number of anilines is 1. The number of hydrogen-bond donors (Lipinski definition) is 0. The molecular weight excluding hydrogens is 232 g/mol. The van der Waals surface area contributed by atoms with Gasteiger partial charge in [0.15, 0.2) is 5.82 Å². The lowest BCUT2D eigenvalue weighted by Gasteiger charge is -2.22. The predicted molar refractivity (Wildman–Crippen MR) is 63.6 cm³/mol. The first-order chi connectivity index (χ1) is 8.59. The third-order valence-corrected chi connectivity index (χ3v) is 3.72. The predicted octanol–water partition coefficient (Wildman–Crippen LogP) is 1.68. The molecule has 0 unspecified atom stereocenters. The smallest absolute Gasteiger partial charge is 0.239 e. The van der Waals surface area contributed by atoms with Gasteiger partial charge in [0.25, 0.3) is 0 Å². The van der Waals surface area contributed by atoms with Gasteiger partial charge in [-0.1, -0.05) is 24.2 Å². The number of fused-ring (bicyclic) bond motifs is 1. The Morgan fingerprint density at radius 2 is 2.17 bits per heavy atom. The first-order valence-corrected chi connectivity index (χ1v) is 6.07. The molecule has 0 bridgehead atoms. The summed E-state index contributed by atoms with van der Waals surface area (Å²) < 4.78 is 4.94. The number of rotatable bonds is 1. The molecule has 2 amide bonds. The molecule has 0 N–H and O–H groups in total. The van der Waals surface area contributed by atoms with Crippen molar-refractivity contribution >= 4 is 17.6 Å². The molecule has 1 aromatic heterocycles. The molecule has 2 aliphatic rings. The van der Waals surface area contributed by atoms with Crippen molar-refractivity contribution in [2.75, 3.05) is 4.90 Å². The van der Waals surface area contributed by atoms with Gasteiger partial charge in [0.05, 0.1) is 11.8 Å².